The van der Waals surface area contributed by atoms with Crippen LogP contribution in [0.3, 0.4) is 0 Å². The van der Waals surface area contributed by atoms with E-state index in [2.05, 4.69) is 15.3 Å². The highest BCUT2D eigenvalue weighted by molar-refractivity contribution is 5.94. The number of aromatic nitrogens is 2. The summed E-state index contributed by atoms with van der Waals surface area (Å²) in [4.78, 5) is 23.0. The Labute approximate surface area is 152 Å². The minimum absolute atomic E-state index is 0.0206. The second kappa shape index (κ2) is 7.39. The Balaban J connectivity index is 1.37. The molecule has 7 heteroatoms. The number of ether oxygens (including phenoxy) is 2. The maximum Gasteiger partial charge on any atom is 0.254 e. The van der Waals surface area contributed by atoms with E-state index in [4.69, 9.17) is 9.47 Å². The molecule has 2 aliphatic rings. The number of hydrogen-bond acceptors (Lipinski definition) is 6. The van der Waals surface area contributed by atoms with Crippen molar-refractivity contribution >= 4 is 11.7 Å². The van der Waals surface area contributed by atoms with Crippen molar-refractivity contribution in [3.63, 3.8) is 0 Å². The van der Waals surface area contributed by atoms with Crippen LogP contribution in [0.4, 0.5) is 5.82 Å². The second-order valence-corrected chi connectivity index (χ2v) is 6.54. The zero-order chi connectivity index (χ0) is 17.8. The van der Waals surface area contributed by atoms with Crippen LogP contribution in [0.25, 0.3) is 0 Å². The summed E-state index contributed by atoms with van der Waals surface area (Å²) in [5.41, 5.74) is 1.75. The number of piperidine rings is 1. The molecule has 1 amide bonds. The Bertz CT molecular complexity index is 752. The number of hydrogen-bond donors (Lipinski definition) is 1. The van der Waals surface area contributed by atoms with Crippen molar-refractivity contribution in [2.75, 3.05) is 31.6 Å². The molecule has 0 saturated carbocycles. The van der Waals surface area contributed by atoms with Crippen LogP contribution in [-0.2, 0) is 16.0 Å². The molecule has 0 unspecified atom stereocenters. The van der Waals surface area contributed by atoms with Crippen LogP contribution in [0.5, 0.6) is 0 Å². The minimum Gasteiger partial charge on any atom is -0.366 e. The second-order valence-electron chi connectivity index (χ2n) is 6.54. The van der Waals surface area contributed by atoms with Crippen molar-refractivity contribution in [2.24, 2.45) is 0 Å². The van der Waals surface area contributed by atoms with Crippen molar-refractivity contribution in [3.8, 4) is 0 Å². The Morgan fingerprint density at radius 1 is 1.12 bits per heavy atom. The molecule has 0 aromatic carbocycles. The SMILES string of the molecule is O=C(c1ccnc(NCc2ccncc2)c1)N1CCC2(CC1)OCCO2. The number of likely N-dealkylation sites (tertiary alicyclic amines) is 1. The van der Waals surface area contributed by atoms with Crippen molar-refractivity contribution in [1.82, 2.24) is 14.9 Å². The monoisotopic (exact) mass is 354 g/mol. The molecule has 2 fully saturated rings. The lowest BCUT2D eigenvalue weighted by Crippen LogP contribution is -2.47. The number of nitrogens with zero attached hydrogens (tertiary/aromatic N) is 3. The molecule has 1 spiro atoms. The summed E-state index contributed by atoms with van der Waals surface area (Å²) in [7, 11) is 0. The Morgan fingerprint density at radius 3 is 2.58 bits per heavy atom. The molecule has 7 nitrogen and oxygen atoms in total. The van der Waals surface area contributed by atoms with Crippen LogP contribution in [0.2, 0.25) is 0 Å². The van der Waals surface area contributed by atoms with Gasteiger partial charge in [0.25, 0.3) is 5.91 Å². The standard InChI is InChI=1S/C19H22N4O3/c24-18(23-9-4-19(5-10-23)25-11-12-26-19)16-3-8-21-17(13-16)22-14-15-1-6-20-7-2-15/h1-3,6-8,13H,4-5,9-12,14H2,(H,21,22). The van der Waals surface area contributed by atoms with E-state index >= 15 is 0 Å². The molecule has 0 bridgehead atoms. The number of amides is 1. The normalized spacial score (nSPS) is 18.8. The highest BCUT2D eigenvalue weighted by Gasteiger charge is 2.40. The van der Waals surface area contributed by atoms with Gasteiger partial charge in [-0.25, -0.2) is 4.98 Å². The molecule has 136 valence electrons. The maximum atomic E-state index is 12.8. The largest absolute Gasteiger partial charge is 0.366 e. The molecule has 0 aliphatic carbocycles. The summed E-state index contributed by atoms with van der Waals surface area (Å²) in [5.74, 6) is 0.238. The van der Waals surface area contributed by atoms with Gasteiger partial charge in [-0.1, -0.05) is 0 Å². The minimum atomic E-state index is -0.466. The lowest BCUT2D eigenvalue weighted by Gasteiger charge is -2.37. The molecule has 4 heterocycles. The molecule has 0 radical (unpaired) electrons. The predicted octanol–water partition coefficient (Wildman–Crippen LogP) is 2.07. The fourth-order valence-electron chi connectivity index (χ4n) is 3.37. The topological polar surface area (TPSA) is 76.6 Å². The van der Waals surface area contributed by atoms with E-state index < -0.39 is 5.79 Å². The summed E-state index contributed by atoms with van der Waals surface area (Å²) in [6.45, 7) is 3.20. The Kier molecular flexibility index (Phi) is 4.81. The third-order valence-corrected chi connectivity index (χ3v) is 4.86. The number of carbonyl (C=O) groups is 1. The number of nitrogens with one attached hydrogen (secondary N) is 1. The van der Waals surface area contributed by atoms with Crippen LogP contribution in [0.15, 0.2) is 42.9 Å². The van der Waals surface area contributed by atoms with Crippen LogP contribution in [0, 0.1) is 0 Å². The fourth-order valence-corrected chi connectivity index (χ4v) is 3.37. The molecule has 2 saturated heterocycles. The van der Waals surface area contributed by atoms with E-state index in [1.54, 1.807) is 30.7 Å². The molecular weight excluding hydrogens is 332 g/mol. The molecule has 4 rings (SSSR count). The van der Waals surface area contributed by atoms with Gasteiger partial charge in [0.2, 0.25) is 0 Å². The Morgan fingerprint density at radius 2 is 1.85 bits per heavy atom. The van der Waals surface area contributed by atoms with E-state index in [1.165, 1.54) is 0 Å². The molecule has 2 aliphatic heterocycles. The van der Waals surface area contributed by atoms with Crippen molar-refractivity contribution < 1.29 is 14.3 Å². The van der Waals surface area contributed by atoms with Gasteiger partial charge in [0.15, 0.2) is 5.79 Å². The summed E-state index contributed by atoms with van der Waals surface area (Å²) in [6.07, 6.45) is 6.61. The van der Waals surface area contributed by atoms with Crippen molar-refractivity contribution in [2.45, 2.75) is 25.2 Å². The lowest BCUT2D eigenvalue weighted by atomic mass is 10.0. The highest BCUT2D eigenvalue weighted by atomic mass is 16.7. The first kappa shape index (κ1) is 16.9. The van der Waals surface area contributed by atoms with Crippen molar-refractivity contribution in [1.29, 1.82) is 0 Å². The number of pyridine rings is 2. The van der Waals surface area contributed by atoms with E-state index in [9.17, 15) is 4.79 Å². The van der Waals surface area contributed by atoms with E-state index in [-0.39, 0.29) is 5.91 Å². The zero-order valence-electron chi connectivity index (χ0n) is 14.6. The number of carbonyl (C=O) groups excluding carboxylic acids is 1. The zero-order valence-corrected chi connectivity index (χ0v) is 14.6. The fraction of sp³-hybridized carbons (Fsp3) is 0.421. The molecular formula is C19H22N4O3. The first-order chi connectivity index (χ1) is 12.7. The first-order valence-corrected chi connectivity index (χ1v) is 8.90. The van der Waals surface area contributed by atoms with Gasteiger partial charge in [0.05, 0.1) is 13.2 Å². The molecule has 0 atom stereocenters. The van der Waals surface area contributed by atoms with Crippen molar-refractivity contribution in [3.05, 3.63) is 54.0 Å². The average molecular weight is 354 g/mol. The molecule has 26 heavy (non-hydrogen) atoms. The van der Waals surface area contributed by atoms with Crippen LogP contribution in [0.1, 0.15) is 28.8 Å². The third-order valence-electron chi connectivity index (χ3n) is 4.86. The van der Waals surface area contributed by atoms with Gasteiger partial charge < -0.3 is 19.7 Å². The van der Waals surface area contributed by atoms with Gasteiger partial charge in [-0.3, -0.25) is 9.78 Å². The first-order valence-electron chi connectivity index (χ1n) is 8.90. The van der Waals surface area contributed by atoms with Crippen LogP contribution < -0.4 is 5.32 Å². The average Bonchev–Trinajstić information content (AvgIpc) is 3.15. The van der Waals surface area contributed by atoms with Gasteiger partial charge in [-0.2, -0.15) is 0 Å². The quantitative estimate of drug-likeness (QED) is 0.906. The van der Waals surface area contributed by atoms with Gasteiger partial charge in [0.1, 0.15) is 5.82 Å². The number of anilines is 1. The summed E-state index contributed by atoms with van der Waals surface area (Å²) in [6, 6.07) is 7.45. The lowest BCUT2D eigenvalue weighted by molar-refractivity contribution is -0.181. The summed E-state index contributed by atoms with van der Waals surface area (Å²) < 4.78 is 11.4. The van der Waals surface area contributed by atoms with Gasteiger partial charge in [-0.15, -0.1) is 0 Å². The number of rotatable bonds is 4. The molecule has 1 N–H and O–H groups in total. The third kappa shape index (κ3) is 3.68. The van der Waals surface area contributed by atoms with E-state index in [0.29, 0.717) is 44.2 Å². The van der Waals surface area contributed by atoms with Gasteiger partial charge >= 0.3 is 0 Å². The van der Waals surface area contributed by atoms with Gasteiger partial charge in [0, 0.05) is 56.6 Å². The van der Waals surface area contributed by atoms with E-state index in [0.717, 1.165) is 18.4 Å². The predicted molar refractivity (Wildman–Crippen MR) is 95.6 cm³/mol. The van der Waals surface area contributed by atoms with Crippen LogP contribution >= 0.6 is 0 Å². The smallest absolute Gasteiger partial charge is 0.254 e. The Hall–Kier alpha value is -2.51. The summed E-state index contributed by atoms with van der Waals surface area (Å²) >= 11 is 0. The molecule has 2 aromatic rings. The van der Waals surface area contributed by atoms with Gasteiger partial charge in [-0.05, 0) is 29.8 Å². The van der Waals surface area contributed by atoms with Crippen LogP contribution in [-0.4, -0.2) is 52.9 Å². The highest BCUT2D eigenvalue weighted by Crippen LogP contribution is 2.31. The summed E-state index contributed by atoms with van der Waals surface area (Å²) in [5, 5.41) is 3.25. The maximum absolute atomic E-state index is 12.8. The van der Waals surface area contributed by atoms with E-state index in [1.807, 2.05) is 17.0 Å². The molecule has 2 aromatic heterocycles.